The van der Waals surface area contributed by atoms with Gasteiger partial charge in [0.2, 0.25) is 0 Å². The van der Waals surface area contributed by atoms with Gasteiger partial charge in [0, 0.05) is 25.7 Å². The summed E-state index contributed by atoms with van der Waals surface area (Å²) >= 11 is 1.60. The van der Waals surface area contributed by atoms with E-state index in [9.17, 15) is 9.59 Å². The maximum absolute atomic E-state index is 12.5. The molecular formula is C19H19N3O3S. The number of furan rings is 1. The summed E-state index contributed by atoms with van der Waals surface area (Å²) in [5, 5.41) is 6.51. The van der Waals surface area contributed by atoms with Crippen molar-refractivity contribution in [3.8, 4) is 10.6 Å². The Morgan fingerprint density at radius 1 is 1.27 bits per heavy atom. The Bertz CT molecular complexity index is 931. The van der Waals surface area contributed by atoms with Gasteiger partial charge >= 0.3 is 0 Å². The van der Waals surface area contributed by atoms with Crippen LogP contribution in [0.5, 0.6) is 0 Å². The van der Waals surface area contributed by atoms with Crippen molar-refractivity contribution in [3.05, 3.63) is 64.2 Å². The third-order valence-corrected chi connectivity index (χ3v) is 5.50. The summed E-state index contributed by atoms with van der Waals surface area (Å²) in [6.07, 6.45) is 3.39. The summed E-state index contributed by atoms with van der Waals surface area (Å²) in [5.41, 5.74) is 0.693. The molecule has 1 fully saturated rings. The fraction of sp³-hybridized carbons (Fsp3) is 0.316. The zero-order valence-corrected chi connectivity index (χ0v) is 15.0. The molecule has 1 aliphatic rings. The van der Waals surface area contributed by atoms with E-state index in [1.165, 1.54) is 10.9 Å². The van der Waals surface area contributed by atoms with Crippen molar-refractivity contribution >= 4 is 17.2 Å². The molecule has 134 valence electrons. The fourth-order valence-electron chi connectivity index (χ4n) is 3.33. The topological polar surface area (TPSA) is 68.3 Å². The zero-order chi connectivity index (χ0) is 17.9. The number of thiophene rings is 1. The molecule has 4 heterocycles. The van der Waals surface area contributed by atoms with Crippen LogP contribution in [0, 0.1) is 5.92 Å². The van der Waals surface area contributed by atoms with E-state index >= 15 is 0 Å². The fourth-order valence-corrected chi connectivity index (χ4v) is 4.03. The molecular weight excluding hydrogens is 350 g/mol. The van der Waals surface area contributed by atoms with E-state index in [1.54, 1.807) is 40.5 Å². The first-order valence-electron chi connectivity index (χ1n) is 8.65. The number of piperidine rings is 1. The lowest BCUT2D eigenvalue weighted by Gasteiger charge is -2.32. The third-order valence-electron chi connectivity index (χ3n) is 4.61. The van der Waals surface area contributed by atoms with Crippen molar-refractivity contribution < 1.29 is 9.21 Å². The van der Waals surface area contributed by atoms with Crippen LogP contribution < -0.4 is 5.56 Å². The van der Waals surface area contributed by atoms with Crippen LogP contribution in [0.4, 0.5) is 0 Å². The number of carbonyl (C=O) groups is 1. The van der Waals surface area contributed by atoms with E-state index in [1.807, 2.05) is 17.5 Å². The molecule has 0 bridgehead atoms. The van der Waals surface area contributed by atoms with E-state index in [0.717, 1.165) is 23.4 Å². The van der Waals surface area contributed by atoms with Gasteiger partial charge in [0.1, 0.15) is 5.69 Å². The Morgan fingerprint density at radius 2 is 2.19 bits per heavy atom. The van der Waals surface area contributed by atoms with Crippen molar-refractivity contribution in [2.24, 2.45) is 5.92 Å². The van der Waals surface area contributed by atoms with Crippen LogP contribution in [0.25, 0.3) is 10.6 Å². The minimum atomic E-state index is -0.111. The average molecular weight is 369 g/mol. The van der Waals surface area contributed by atoms with E-state index in [0.29, 0.717) is 25.4 Å². The van der Waals surface area contributed by atoms with Crippen LogP contribution in [0.3, 0.4) is 0 Å². The molecule has 26 heavy (non-hydrogen) atoms. The molecule has 0 aromatic carbocycles. The molecule has 1 amide bonds. The van der Waals surface area contributed by atoms with Gasteiger partial charge in [0.25, 0.3) is 11.5 Å². The highest BCUT2D eigenvalue weighted by Crippen LogP contribution is 2.23. The van der Waals surface area contributed by atoms with Crippen molar-refractivity contribution in [1.29, 1.82) is 0 Å². The van der Waals surface area contributed by atoms with Crippen LogP contribution in [-0.4, -0.2) is 33.7 Å². The highest BCUT2D eigenvalue weighted by molar-refractivity contribution is 7.13. The molecule has 1 aliphatic heterocycles. The van der Waals surface area contributed by atoms with Crippen molar-refractivity contribution in [1.82, 2.24) is 14.7 Å². The number of amides is 1. The van der Waals surface area contributed by atoms with Crippen molar-refractivity contribution in [2.75, 3.05) is 13.1 Å². The number of nitrogens with zero attached hydrogens (tertiary/aromatic N) is 3. The van der Waals surface area contributed by atoms with E-state index in [-0.39, 0.29) is 17.4 Å². The van der Waals surface area contributed by atoms with Crippen LogP contribution in [0.15, 0.2) is 57.3 Å². The first kappa shape index (κ1) is 16.8. The van der Waals surface area contributed by atoms with Crippen molar-refractivity contribution in [2.45, 2.75) is 19.4 Å². The molecule has 6 nitrogen and oxygen atoms in total. The maximum atomic E-state index is 12.5. The second kappa shape index (κ2) is 7.29. The smallest absolute Gasteiger partial charge is 0.289 e. The first-order valence-corrected chi connectivity index (χ1v) is 9.53. The highest BCUT2D eigenvalue weighted by Gasteiger charge is 2.26. The summed E-state index contributed by atoms with van der Waals surface area (Å²) in [5.74, 6) is 0.472. The van der Waals surface area contributed by atoms with Crippen LogP contribution in [0.2, 0.25) is 0 Å². The average Bonchev–Trinajstić information content (AvgIpc) is 3.37. The van der Waals surface area contributed by atoms with E-state index < -0.39 is 0 Å². The second-order valence-electron chi connectivity index (χ2n) is 6.45. The molecule has 3 aromatic heterocycles. The Kier molecular flexibility index (Phi) is 4.71. The van der Waals surface area contributed by atoms with Gasteiger partial charge in [0.15, 0.2) is 5.76 Å². The molecule has 4 rings (SSSR count). The number of rotatable bonds is 4. The summed E-state index contributed by atoms with van der Waals surface area (Å²) in [7, 11) is 0. The van der Waals surface area contributed by atoms with Gasteiger partial charge in [-0.3, -0.25) is 9.59 Å². The van der Waals surface area contributed by atoms with Crippen LogP contribution in [-0.2, 0) is 6.54 Å². The molecule has 0 unspecified atom stereocenters. The zero-order valence-electron chi connectivity index (χ0n) is 14.2. The maximum Gasteiger partial charge on any atom is 0.289 e. The molecule has 3 aromatic rings. The van der Waals surface area contributed by atoms with Gasteiger partial charge in [-0.2, -0.15) is 5.10 Å². The summed E-state index contributed by atoms with van der Waals surface area (Å²) < 4.78 is 6.75. The van der Waals surface area contributed by atoms with Gasteiger partial charge in [-0.15, -0.1) is 11.3 Å². The van der Waals surface area contributed by atoms with Crippen LogP contribution in [0.1, 0.15) is 23.4 Å². The normalized spacial score (nSPS) is 17.4. The van der Waals surface area contributed by atoms with Gasteiger partial charge in [-0.1, -0.05) is 6.07 Å². The predicted octanol–water partition coefficient (Wildman–Crippen LogP) is 3.12. The Labute approximate surface area is 154 Å². The molecule has 1 atom stereocenters. The molecule has 0 N–H and O–H groups in total. The summed E-state index contributed by atoms with van der Waals surface area (Å²) in [4.78, 5) is 27.6. The molecule has 0 spiro atoms. The number of hydrogen-bond donors (Lipinski definition) is 0. The second-order valence-corrected chi connectivity index (χ2v) is 7.40. The lowest BCUT2D eigenvalue weighted by Crippen LogP contribution is -2.42. The van der Waals surface area contributed by atoms with Gasteiger partial charge in [-0.25, -0.2) is 4.68 Å². The number of carbonyl (C=O) groups excluding carboxylic acids is 1. The SMILES string of the molecule is O=C(c1ccco1)N1CCC[C@@H](Cn2nc(-c3cccs3)ccc2=O)C1. The van der Waals surface area contributed by atoms with Crippen molar-refractivity contribution in [3.63, 3.8) is 0 Å². The van der Waals surface area contributed by atoms with E-state index in [4.69, 9.17) is 4.42 Å². The van der Waals surface area contributed by atoms with Crippen LogP contribution >= 0.6 is 11.3 Å². The molecule has 0 aliphatic carbocycles. The minimum Gasteiger partial charge on any atom is -0.459 e. The highest BCUT2D eigenvalue weighted by atomic mass is 32.1. The molecule has 0 radical (unpaired) electrons. The van der Waals surface area contributed by atoms with Gasteiger partial charge in [0.05, 0.1) is 11.1 Å². The Hall–Kier alpha value is -2.67. The summed E-state index contributed by atoms with van der Waals surface area (Å²) in [6, 6.07) is 10.7. The standard InChI is InChI=1S/C19H19N3O3S/c23-18-8-7-15(17-6-3-11-26-17)20-22(18)13-14-4-1-9-21(12-14)19(24)16-5-2-10-25-16/h2-3,5-8,10-11,14H,1,4,9,12-13H2/t14-/m1/s1. The number of hydrogen-bond acceptors (Lipinski definition) is 5. The number of likely N-dealkylation sites (tertiary alicyclic amines) is 1. The quantitative estimate of drug-likeness (QED) is 0.709. The van der Waals surface area contributed by atoms with E-state index in [2.05, 4.69) is 5.10 Å². The monoisotopic (exact) mass is 369 g/mol. The van der Waals surface area contributed by atoms with Gasteiger partial charge in [-0.05, 0) is 48.4 Å². The lowest BCUT2D eigenvalue weighted by molar-refractivity contribution is 0.0627. The Balaban J connectivity index is 1.49. The Morgan fingerprint density at radius 3 is 2.96 bits per heavy atom. The van der Waals surface area contributed by atoms with Gasteiger partial charge < -0.3 is 9.32 Å². The molecule has 0 saturated carbocycles. The number of aromatic nitrogens is 2. The minimum absolute atomic E-state index is 0.0904. The largest absolute Gasteiger partial charge is 0.459 e. The molecule has 1 saturated heterocycles. The molecule has 7 heteroatoms. The third kappa shape index (κ3) is 3.48. The predicted molar refractivity (Wildman–Crippen MR) is 99.1 cm³/mol. The first-order chi connectivity index (χ1) is 12.7. The lowest BCUT2D eigenvalue weighted by atomic mass is 9.98. The summed E-state index contributed by atoms with van der Waals surface area (Å²) in [6.45, 7) is 1.84.